The summed E-state index contributed by atoms with van der Waals surface area (Å²) in [5.74, 6) is -0.956. The molecule has 0 bridgehead atoms. The van der Waals surface area contributed by atoms with Crippen LogP contribution in [-0.2, 0) is 9.53 Å². The number of rotatable bonds is 5. The molecule has 0 spiro atoms. The predicted molar refractivity (Wildman–Crippen MR) is 98.4 cm³/mol. The molecule has 0 aliphatic rings. The Morgan fingerprint density at radius 2 is 1.72 bits per heavy atom. The molecule has 0 aliphatic heterocycles. The number of hydrogen-bond donors (Lipinski definition) is 2. The molecule has 2 amide bonds. The van der Waals surface area contributed by atoms with Crippen molar-refractivity contribution in [2.24, 2.45) is 0 Å². The summed E-state index contributed by atoms with van der Waals surface area (Å²) in [4.78, 5) is 36.6. The summed E-state index contributed by atoms with van der Waals surface area (Å²) in [5, 5.41) is 5.90. The molecule has 132 valence electrons. The van der Waals surface area contributed by atoms with Gasteiger partial charge in [0.25, 0.3) is 5.91 Å². The highest BCUT2D eigenvalue weighted by Gasteiger charge is 2.22. The van der Waals surface area contributed by atoms with E-state index in [9.17, 15) is 14.4 Å². The molecule has 7 heteroatoms. The molecule has 0 saturated carbocycles. The van der Waals surface area contributed by atoms with Crippen molar-refractivity contribution in [2.45, 2.75) is 27.7 Å². The van der Waals surface area contributed by atoms with E-state index in [0.717, 1.165) is 10.4 Å². The van der Waals surface area contributed by atoms with Crippen molar-refractivity contribution >= 4 is 39.8 Å². The van der Waals surface area contributed by atoms with Crippen LogP contribution in [0.4, 0.5) is 10.7 Å². The topological polar surface area (TPSA) is 84.5 Å². The van der Waals surface area contributed by atoms with Gasteiger partial charge in [-0.2, -0.15) is 0 Å². The third kappa shape index (κ3) is 4.45. The minimum Gasteiger partial charge on any atom is -0.462 e. The smallest absolute Gasteiger partial charge is 0.341 e. The number of nitrogens with one attached hydrogen (secondary N) is 2. The second-order valence-electron chi connectivity index (χ2n) is 5.42. The number of hydrogen-bond acceptors (Lipinski definition) is 5. The highest BCUT2D eigenvalue weighted by molar-refractivity contribution is 7.16. The van der Waals surface area contributed by atoms with Gasteiger partial charge in [0.15, 0.2) is 0 Å². The molecule has 1 aromatic heterocycles. The van der Waals surface area contributed by atoms with Gasteiger partial charge in [0, 0.05) is 23.1 Å². The zero-order chi connectivity index (χ0) is 18.6. The van der Waals surface area contributed by atoms with Crippen molar-refractivity contribution in [2.75, 3.05) is 17.2 Å². The molecule has 25 heavy (non-hydrogen) atoms. The highest BCUT2D eigenvalue weighted by atomic mass is 32.1. The molecule has 0 radical (unpaired) electrons. The lowest BCUT2D eigenvalue weighted by Gasteiger charge is -2.08. The molecule has 0 fully saturated rings. The van der Waals surface area contributed by atoms with Crippen molar-refractivity contribution in [1.29, 1.82) is 0 Å². The molecule has 2 N–H and O–H groups in total. The van der Waals surface area contributed by atoms with Crippen molar-refractivity contribution in [3.05, 3.63) is 45.8 Å². The average Bonchev–Trinajstić information content (AvgIpc) is 2.82. The van der Waals surface area contributed by atoms with Crippen LogP contribution in [0.25, 0.3) is 0 Å². The first-order valence-corrected chi connectivity index (χ1v) is 8.61. The van der Waals surface area contributed by atoms with Crippen molar-refractivity contribution < 1.29 is 19.1 Å². The maximum Gasteiger partial charge on any atom is 0.341 e. The number of esters is 1. The Hall–Kier alpha value is -2.67. The van der Waals surface area contributed by atoms with Crippen LogP contribution in [0.2, 0.25) is 0 Å². The van der Waals surface area contributed by atoms with Gasteiger partial charge in [-0.3, -0.25) is 9.59 Å². The van der Waals surface area contributed by atoms with Crippen molar-refractivity contribution in [1.82, 2.24) is 0 Å². The number of benzene rings is 1. The molecule has 0 atom stereocenters. The van der Waals surface area contributed by atoms with Crippen LogP contribution in [-0.4, -0.2) is 24.4 Å². The van der Waals surface area contributed by atoms with Crippen LogP contribution in [0, 0.1) is 13.8 Å². The second kappa shape index (κ2) is 7.94. The largest absolute Gasteiger partial charge is 0.462 e. The van der Waals surface area contributed by atoms with Crippen molar-refractivity contribution in [3.8, 4) is 0 Å². The highest BCUT2D eigenvalue weighted by Crippen LogP contribution is 2.33. The summed E-state index contributed by atoms with van der Waals surface area (Å²) in [6.07, 6.45) is 0. The Kier molecular flexibility index (Phi) is 5.93. The van der Waals surface area contributed by atoms with E-state index < -0.39 is 5.97 Å². The van der Waals surface area contributed by atoms with Gasteiger partial charge >= 0.3 is 5.97 Å². The summed E-state index contributed by atoms with van der Waals surface area (Å²) in [5.41, 5.74) is 2.24. The van der Waals surface area contributed by atoms with Gasteiger partial charge in [-0.15, -0.1) is 11.3 Å². The molecule has 0 aliphatic carbocycles. The van der Waals surface area contributed by atoms with E-state index in [0.29, 0.717) is 21.8 Å². The molecule has 2 rings (SSSR count). The van der Waals surface area contributed by atoms with Gasteiger partial charge in [-0.25, -0.2) is 4.79 Å². The van der Waals surface area contributed by atoms with Gasteiger partial charge in [-0.1, -0.05) is 0 Å². The minimum absolute atomic E-state index is 0.180. The SMILES string of the molecule is CCOC(=O)c1c(NC(=O)c2ccc(NC(C)=O)cc2)sc(C)c1C. The molecule has 6 nitrogen and oxygen atoms in total. The second-order valence-corrected chi connectivity index (χ2v) is 6.65. The first-order chi connectivity index (χ1) is 11.8. The normalized spacial score (nSPS) is 10.2. The molecule has 2 aromatic rings. The lowest BCUT2D eigenvalue weighted by atomic mass is 10.1. The summed E-state index contributed by atoms with van der Waals surface area (Å²) in [7, 11) is 0. The number of ether oxygens (including phenoxy) is 1. The van der Waals surface area contributed by atoms with Crippen LogP contribution in [0.3, 0.4) is 0 Å². The fourth-order valence-electron chi connectivity index (χ4n) is 2.25. The van der Waals surface area contributed by atoms with Crippen molar-refractivity contribution in [3.63, 3.8) is 0 Å². The number of thiophene rings is 1. The van der Waals surface area contributed by atoms with Gasteiger partial charge in [0.1, 0.15) is 5.00 Å². The van der Waals surface area contributed by atoms with Gasteiger partial charge in [-0.05, 0) is 50.6 Å². The number of carbonyl (C=O) groups is 3. The third-order valence-corrected chi connectivity index (χ3v) is 4.68. The standard InChI is InChI=1S/C18H20N2O4S/c1-5-24-18(23)15-10(2)11(3)25-17(15)20-16(22)13-6-8-14(9-7-13)19-12(4)21/h6-9H,5H2,1-4H3,(H,19,21)(H,20,22). The lowest BCUT2D eigenvalue weighted by Crippen LogP contribution is -2.15. The monoisotopic (exact) mass is 360 g/mol. The van der Waals surface area contributed by atoms with E-state index >= 15 is 0 Å². The third-order valence-electron chi connectivity index (χ3n) is 3.56. The average molecular weight is 360 g/mol. The number of aryl methyl sites for hydroxylation is 1. The summed E-state index contributed by atoms with van der Waals surface area (Å²) >= 11 is 1.34. The lowest BCUT2D eigenvalue weighted by molar-refractivity contribution is -0.114. The Labute approximate surface area is 150 Å². The number of amides is 2. The van der Waals surface area contributed by atoms with Crippen LogP contribution >= 0.6 is 11.3 Å². The van der Waals surface area contributed by atoms with E-state index in [1.165, 1.54) is 18.3 Å². The van der Waals surface area contributed by atoms with Crippen LogP contribution < -0.4 is 10.6 Å². The molecule has 1 heterocycles. The quantitative estimate of drug-likeness (QED) is 0.795. The fourth-order valence-corrected chi connectivity index (χ4v) is 3.29. The van der Waals surface area contributed by atoms with Gasteiger partial charge < -0.3 is 15.4 Å². The van der Waals surface area contributed by atoms with E-state index in [2.05, 4.69) is 10.6 Å². The Balaban J connectivity index is 2.21. The molecule has 1 aromatic carbocycles. The Morgan fingerprint density at radius 3 is 2.28 bits per heavy atom. The summed E-state index contributed by atoms with van der Waals surface area (Å²) in [6.45, 7) is 7.14. The zero-order valence-electron chi connectivity index (χ0n) is 14.6. The molecular formula is C18H20N2O4S. The molecule has 0 saturated heterocycles. The molecule has 0 unspecified atom stereocenters. The zero-order valence-corrected chi connectivity index (χ0v) is 15.4. The Bertz CT molecular complexity index is 809. The first-order valence-electron chi connectivity index (χ1n) is 7.79. The van der Waals surface area contributed by atoms with E-state index in [1.54, 1.807) is 31.2 Å². The summed E-state index contributed by atoms with van der Waals surface area (Å²) in [6, 6.07) is 6.51. The maximum atomic E-state index is 12.5. The van der Waals surface area contributed by atoms with E-state index in [1.807, 2.05) is 13.8 Å². The van der Waals surface area contributed by atoms with Crippen LogP contribution in [0.5, 0.6) is 0 Å². The molecular weight excluding hydrogens is 340 g/mol. The van der Waals surface area contributed by atoms with Gasteiger partial charge in [0.05, 0.1) is 12.2 Å². The summed E-state index contributed by atoms with van der Waals surface area (Å²) < 4.78 is 5.08. The number of anilines is 2. The van der Waals surface area contributed by atoms with Crippen LogP contribution in [0.1, 0.15) is 45.0 Å². The maximum absolute atomic E-state index is 12.5. The fraction of sp³-hybridized carbons (Fsp3) is 0.278. The van der Waals surface area contributed by atoms with E-state index in [4.69, 9.17) is 4.74 Å². The van der Waals surface area contributed by atoms with E-state index in [-0.39, 0.29) is 18.4 Å². The predicted octanol–water partition coefficient (Wildman–Crippen LogP) is 3.75. The Morgan fingerprint density at radius 1 is 1.08 bits per heavy atom. The number of carbonyl (C=O) groups excluding carboxylic acids is 3. The first kappa shape index (κ1) is 18.7. The van der Waals surface area contributed by atoms with Gasteiger partial charge in [0.2, 0.25) is 5.91 Å². The minimum atomic E-state index is -0.444. The van der Waals surface area contributed by atoms with Crippen LogP contribution in [0.15, 0.2) is 24.3 Å².